The second-order valence-corrected chi connectivity index (χ2v) is 5.12. The van der Waals surface area contributed by atoms with Crippen LogP contribution in [0.2, 0.25) is 0 Å². The Bertz CT molecular complexity index is 223. The lowest BCUT2D eigenvalue weighted by Crippen LogP contribution is -2.37. The van der Waals surface area contributed by atoms with Crippen LogP contribution in [0.1, 0.15) is 45.4 Å². The molecule has 1 atom stereocenters. The molecule has 0 aromatic rings. The molecule has 0 spiro atoms. The number of rotatable bonds is 7. The fourth-order valence-electron chi connectivity index (χ4n) is 2.45. The number of carbonyl (C=O) groups is 1. The third-order valence-corrected chi connectivity index (χ3v) is 3.68. The minimum Gasteiger partial charge on any atom is -0.481 e. The number of carboxylic acid groups (broad SMARTS) is 1. The standard InChI is InChI=1S/C13H25NO3/c1-11(15)12-6-9-14(10-7-12)8-4-2-3-5-13(16)17/h11-12,15H,2-10H2,1H3,(H,16,17). The summed E-state index contributed by atoms with van der Waals surface area (Å²) in [7, 11) is 0. The van der Waals surface area contributed by atoms with Crippen molar-refractivity contribution in [3.05, 3.63) is 0 Å². The Kier molecular flexibility index (Phi) is 6.52. The van der Waals surface area contributed by atoms with Crippen molar-refractivity contribution in [2.24, 2.45) is 5.92 Å². The molecule has 0 aromatic heterocycles. The molecule has 4 nitrogen and oxygen atoms in total. The van der Waals surface area contributed by atoms with E-state index in [-0.39, 0.29) is 6.10 Å². The maximum Gasteiger partial charge on any atom is 0.303 e. The third kappa shape index (κ3) is 6.03. The molecule has 0 radical (unpaired) electrons. The number of hydrogen-bond acceptors (Lipinski definition) is 3. The number of unbranched alkanes of at least 4 members (excludes halogenated alkanes) is 2. The Morgan fingerprint density at radius 2 is 1.94 bits per heavy atom. The van der Waals surface area contributed by atoms with Crippen molar-refractivity contribution in [1.29, 1.82) is 0 Å². The first-order chi connectivity index (χ1) is 8.09. The average molecular weight is 243 g/mol. The molecule has 0 bridgehead atoms. The highest BCUT2D eigenvalue weighted by atomic mass is 16.4. The predicted molar refractivity (Wildman–Crippen MR) is 66.9 cm³/mol. The van der Waals surface area contributed by atoms with E-state index in [0.29, 0.717) is 12.3 Å². The molecule has 100 valence electrons. The first-order valence-electron chi connectivity index (χ1n) is 6.72. The molecule has 0 saturated carbocycles. The van der Waals surface area contributed by atoms with Gasteiger partial charge in [-0.3, -0.25) is 4.79 Å². The van der Waals surface area contributed by atoms with Crippen LogP contribution in [0.25, 0.3) is 0 Å². The van der Waals surface area contributed by atoms with Crippen LogP contribution >= 0.6 is 0 Å². The molecule has 4 heteroatoms. The molecular formula is C13H25NO3. The maximum atomic E-state index is 10.3. The van der Waals surface area contributed by atoms with Crippen LogP contribution < -0.4 is 0 Å². The number of nitrogens with zero attached hydrogens (tertiary/aromatic N) is 1. The number of piperidine rings is 1. The van der Waals surface area contributed by atoms with Crippen LogP contribution in [0.3, 0.4) is 0 Å². The summed E-state index contributed by atoms with van der Waals surface area (Å²) in [5, 5.41) is 18.0. The molecule has 0 aromatic carbocycles. The smallest absolute Gasteiger partial charge is 0.303 e. The van der Waals surface area contributed by atoms with Gasteiger partial charge in [0.15, 0.2) is 0 Å². The number of hydrogen-bond donors (Lipinski definition) is 2. The first kappa shape index (κ1) is 14.5. The number of aliphatic hydroxyl groups is 1. The van der Waals surface area contributed by atoms with Gasteiger partial charge in [-0.2, -0.15) is 0 Å². The molecule has 1 saturated heterocycles. The van der Waals surface area contributed by atoms with E-state index in [9.17, 15) is 9.90 Å². The van der Waals surface area contributed by atoms with Gasteiger partial charge in [0.25, 0.3) is 0 Å². The van der Waals surface area contributed by atoms with Crippen LogP contribution in [-0.4, -0.2) is 46.8 Å². The molecular weight excluding hydrogens is 218 g/mol. The minimum atomic E-state index is -0.692. The summed E-state index contributed by atoms with van der Waals surface area (Å²) in [6.07, 6.45) is 5.19. The van der Waals surface area contributed by atoms with Crippen LogP contribution in [-0.2, 0) is 4.79 Å². The van der Waals surface area contributed by atoms with Crippen molar-refractivity contribution in [2.75, 3.05) is 19.6 Å². The minimum absolute atomic E-state index is 0.173. The van der Waals surface area contributed by atoms with Gasteiger partial charge in [0, 0.05) is 6.42 Å². The summed E-state index contributed by atoms with van der Waals surface area (Å²) < 4.78 is 0. The highest BCUT2D eigenvalue weighted by molar-refractivity contribution is 5.66. The van der Waals surface area contributed by atoms with Crippen LogP contribution in [0.15, 0.2) is 0 Å². The Hall–Kier alpha value is -0.610. The van der Waals surface area contributed by atoms with Crippen molar-refractivity contribution < 1.29 is 15.0 Å². The first-order valence-corrected chi connectivity index (χ1v) is 6.72. The summed E-state index contributed by atoms with van der Waals surface area (Å²) in [5.74, 6) is -0.221. The van der Waals surface area contributed by atoms with E-state index in [1.165, 1.54) is 0 Å². The normalized spacial score (nSPS) is 20.4. The van der Waals surface area contributed by atoms with Crippen molar-refractivity contribution in [3.63, 3.8) is 0 Å². The van der Waals surface area contributed by atoms with Crippen LogP contribution in [0.4, 0.5) is 0 Å². The second kappa shape index (κ2) is 7.67. The third-order valence-electron chi connectivity index (χ3n) is 3.68. The molecule has 1 fully saturated rings. The summed E-state index contributed by atoms with van der Waals surface area (Å²) in [5.41, 5.74) is 0. The molecule has 1 aliphatic heterocycles. The molecule has 0 aliphatic carbocycles. The van der Waals surface area contributed by atoms with E-state index in [4.69, 9.17) is 5.11 Å². The van der Waals surface area contributed by atoms with E-state index in [0.717, 1.165) is 51.7 Å². The highest BCUT2D eigenvalue weighted by Crippen LogP contribution is 2.20. The molecule has 17 heavy (non-hydrogen) atoms. The lowest BCUT2D eigenvalue weighted by molar-refractivity contribution is -0.137. The van der Waals surface area contributed by atoms with Gasteiger partial charge in [-0.05, 0) is 58.2 Å². The quantitative estimate of drug-likeness (QED) is 0.668. The summed E-state index contributed by atoms with van der Waals surface area (Å²) in [4.78, 5) is 12.8. The molecule has 0 amide bonds. The van der Waals surface area contributed by atoms with Gasteiger partial charge >= 0.3 is 5.97 Å². The number of likely N-dealkylation sites (tertiary alicyclic amines) is 1. The molecule has 2 N–H and O–H groups in total. The van der Waals surface area contributed by atoms with Crippen molar-refractivity contribution in [2.45, 2.75) is 51.6 Å². The molecule has 1 rings (SSSR count). The van der Waals surface area contributed by atoms with Gasteiger partial charge in [0.2, 0.25) is 0 Å². The zero-order valence-electron chi connectivity index (χ0n) is 10.8. The summed E-state index contributed by atoms with van der Waals surface area (Å²) in [6.45, 7) is 5.11. The SMILES string of the molecule is CC(O)C1CCN(CCCCCC(=O)O)CC1. The maximum absolute atomic E-state index is 10.3. The Balaban J connectivity index is 2.01. The largest absolute Gasteiger partial charge is 0.481 e. The number of aliphatic hydroxyl groups excluding tert-OH is 1. The van der Waals surface area contributed by atoms with Gasteiger partial charge in [-0.25, -0.2) is 0 Å². The highest BCUT2D eigenvalue weighted by Gasteiger charge is 2.21. The van der Waals surface area contributed by atoms with Crippen LogP contribution in [0.5, 0.6) is 0 Å². The van der Waals surface area contributed by atoms with Gasteiger partial charge in [-0.15, -0.1) is 0 Å². The fraction of sp³-hybridized carbons (Fsp3) is 0.923. The zero-order chi connectivity index (χ0) is 12.7. The molecule has 1 unspecified atom stereocenters. The fourth-order valence-corrected chi connectivity index (χ4v) is 2.45. The van der Waals surface area contributed by atoms with Crippen LogP contribution in [0, 0.1) is 5.92 Å². The van der Waals surface area contributed by atoms with Crippen molar-refractivity contribution in [3.8, 4) is 0 Å². The lowest BCUT2D eigenvalue weighted by atomic mass is 9.92. The van der Waals surface area contributed by atoms with E-state index in [1.54, 1.807) is 0 Å². The van der Waals surface area contributed by atoms with E-state index < -0.39 is 5.97 Å². The summed E-state index contributed by atoms with van der Waals surface area (Å²) >= 11 is 0. The zero-order valence-corrected chi connectivity index (χ0v) is 10.8. The summed E-state index contributed by atoms with van der Waals surface area (Å²) in [6, 6.07) is 0. The Labute approximate surface area is 104 Å². The number of carboxylic acids is 1. The van der Waals surface area contributed by atoms with Crippen molar-refractivity contribution >= 4 is 5.97 Å². The number of aliphatic carboxylic acids is 1. The van der Waals surface area contributed by atoms with E-state index in [1.807, 2.05) is 6.92 Å². The second-order valence-electron chi connectivity index (χ2n) is 5.12. The van der Waals surface area contributed by atoms with E-state index in [2.05, 4.69) is 4.90 Å². The lowest BCUT2D eigenvalue weighted by Gasteiger charge is -2.33. The molecule has 1 aliphatic rings. The van der Waals surface area contributed by atoms with Gasteiger partial charge < -0.3 is 15.1 Å². The average Bonchev–Trinajstić information content (AvgIpc) is 2.29. The molecule has 1 heterocycles. The topological polar surface area (TPSA) is 60.8 Å². The Morgan fingerprint density at radius 1 is 1.29 bits per heavy atom. The van der Waals surface area contributed by atoms with Gasteiger partial charge in [-0.1, -0.05) is 6.42 Å². The van der Waals surface area contributed by atoms with Crippen molar-refractivity contribution in [1.82, 2.24) is 4.90 Å². The van der Waals surface area contributed by atoms with Gasteiger partial charge in [0.05, 0.1) is 6.10 Å². The predicted octanol–water partition coefficient (Wildman–Crippen LogP) is 1.72. The Morgan fingerprint density at radius 3 is 2.47 bits per heavy atom. The van der Waals surface area contributed by atoms with E-state index >= 15 is 0 Å². The van der Waals surface area contributed by atoms with Gasteiger partial charge in [0.1, 0.15) is 0 Å². The monoisotopic (exact) mass is 243 g/mol.